The highest BCUT2D eigenvalue weighted by molar-refractivity contribution is 5.92. The van der Waals surface area contributed by atoms with Gasteiger partial charge in [-0.2, -0.15) is 0 Å². The Morgan fingerprint density at radius 3 is 2.76 bits per heavy atom. The lowest BCUT2D eigenvalue weighted by atomic mass is 9.94. The van der Waals surface area contributed by atoms with Crippen LogP contribution in [0.1, 0.15) is 57.6 Å². The van der Waals surface area contributed by atoms with Crippen molar-refractivity contribution < 1.29 is 19.0 Å². The summed E-state index contributed by atoms with van der Waals surface area (Å²) < 4.78 is 17.8. The van der Waals surface area contributed by atoms with Gasteiger partial charge in [-0.3, -0.25) is 0 Å². The molecule has 0 saturated carbocycles. The molecule has 236 valence electrons. The number of ether oxygens (including phenoxy) is 3. The molecule has 2 saturated heterocycles. The van der Waals surface area contributed by atoms with E-state index < -0.39 is 5.60 Å². The molecular formula is C36H43N5O4. The summed E-state index contributed by atoms with van der Waals surface area (Å²) >= 11 is 0. The molecule has 9 nitrogen and oxygen atoms in total. The molecule has 2 fully saturated rings. The van der Waals surface area contributed by atoms with Crippen LogP contribution in [0.3, 0.4) is 0 Å². The van der Waals surface area contributed by atoms with Crippen LogP contribution in [0.5, 0.6) is 11.6 Å². The lowest BCUT2D eigenvalue weighted by Crippen LogP contribution is -2.47. The van der Waals surface area contributed by atoms with Crippen LogP contribution in [0.2, 0.25) is 0 Å². The zero-order valence-corrected chi connectivity index (χ0v) is 26.7. The number of pyridine rings is 1. The van der Waals surface area contributed by atoms with Gasteiger partial charge in [-0.15, -0.1) is 0 Å². The van der Waals surface area contributed by atoms with Crippen LogP contribution >= 0.6 is 0 Å². The van der Waals surface area contributed by atoms with Crippen LogP contribution < -0.4 is 10.1 Å². The number of hydrogen-bond acceptors (Lipinski definition) is 8. The van der Waals surface area contributed by atoms with Gasteiger partial charge >= 0.3 is 6.09 Å². The number of rotatable bonds is 8. The lowest BCUT2D eigenvalue weighted by molar-refractivity contribution is 0.0206. The van der Waals surface area contributed by atoms with E-state index in [2.05, 4.69) is 52.5 Å². The highest BCUT2D eigenvalue weighted by atomic mass is 16.6. The van der Waals surface area contributed by atoms with Crippen LogP contribution in [0.4, 0.5) is 10.7 Å². The number of nitrogens with zero attached hydrogens (tertiary/aromatic N) is 4. The van der Waals surface area contributed by atoms with E-state index in [9.17, 15) is 4.79 Å². The minimum Gasteiger partial charge on any atom is -0.444 e. The number of carbonyl (C=O) groups is 1. The van der Waals surface area contributed by atoms with Crippen LogP contribution in [0, 0.1) is 12.8 Å². The van der Waals surface area contributed by atoms with E-state index in [1.807, 2.05) is 39.0 Å². The molecule has 4 heterocycles. The SMILES string of the molecule is Cc1ccc2c(CC[C@@H]3CCOC3)cccc2c1Oc1ncccc1-c1ccnc(N[C@H]2CCCN(C(=O)OC(C)(C)C)C2)n1. The van der Waals surface area contributed by atoms with Gasteiger partial charge in [0.05, 0.1) is 11.3 Å². The standard InChI is InChI=1S/C36H43N5O4/c1-24-12-15-28-26(14-13-25-17-21-43-23-25)8-5-10-29(28)32(24)44-33-30(11-6-18-37-33)31-16-19-38-34(40-31)39-27-9-7-20-41(22-27)35(42)45-36(2,3)4/h5-6,8,10-12,15-16,18-19,25,27H,7,9,13-14,17,20-23H2,1-4H3,(H,38,39,40)/t25-,27+/m1/s1. The second-order valence-corrected chi connectivity index (χ2v) is 13.1. The van der Waals surface area contributed by atoms with Gasteiger partial charge in [0.15, 0.2) is 0 Å². The van der Waals surface area contributed by atoms with Gasteiger partial charge < -0.3 is 24.4 Å². The van der Waals surface area contributed by atoms with Gasteiger partial charge in [0.25, 0.3) is 0 Å². The Balaban J connectivity index is 1.21. The largest absolute Gasteiger partial charge is 0.444 e. The summed E-state index contributed by atoms with van der Waals surface area (Å²) in [6, 6.07) is 16.5. The van der Waals surface area contributed by atoms with E-state index in [1.165, 1.54) is 10.9 Å². The number of nitrogens with one attached hydrogen (secondary N) is 1. The molecule has 1 N–H and O–H groups in total. The predicted molar refractivity (Wildman–Crippen MR) is 176 cm³/mol. The molecule has 4 aromatic rings. The smallest absolute Gasteiger partial charge is 0.410 e. The number of anilines is 1. The summed E-state index contributed by atoms with van der Waals surface area (Å²) in [7, 11) is 0. The number of hydrogen-bond donors (Lipinski definition) is 1. The number of fused-ring (bicyclic) bond motifs is 1. The summed E-state index contributed by atoms with van der Waals surface area (Å²) in [6.07, 6.45) is 8.24. The van der Waals surface area contributed by atoms with Gasteiger partial charge in [-0.25, -0.2) is 19.7 Å². The first-order valence-corrected chi connectivity index (χ1v) is 16.0. The number of carbonyl (C=O) groups excluding carboxylic acids is 1. The summed E-state index contributed by atoms with van der Waals surface area (Å²) in [5.74, 6) is 2.42. The fourth-order valence-corrected chi connectivity index (χ4v) is 6.14. The Hall–Kier alpha value is -4.24. The first-order chi connectivity index (χ1) is 21.7. The van der Waals surface area contributed by atoms with E-state index in [1.54, 1.807) is 17.3 Å². The molecule has 9 heteroatoms. The molecule has 0 aliphatic carbocycles. The van der Waals surface area contributed by atoms with Crippen molar-refractivity contribution in [3.63, 3.8) is 0 Å². The molecule has 2 aromatic heterocycles. The number of likely N-dealkylation sites (tertiary alicyclic amines) is 1. The average molecular weight is 610 g/mol. The summed E-state index contributed by atoms with van der Waals surface area (Å²) in [5.41, 5.74) is 3.31. The molecule has 0 spiro atoms. The molecule has 6 rings (SSSR count). The van der Waals surface area contributed by atoms with Gasteiger partial charge in [0.2, 0.25) is 11.8 Å². The highest BCUT2D eigenvalue weighted by Crippen LogP contribution is 2.38. The minimum atomic E-state index is -0.532. The van der Waals surface area contributed by atoms with Crippen molar-refractivity contribution in [1.82, 2.24) is 19.9 Å². The number of aromatic nitrogens is 3. The Bertz CT molecular complexity index is 1650. The van der Waals surface area contributed by atoms with Crippen LogP contribution in [-0.4, -0.2) is 63.9 Å². The molecule has 2 atom stereocenters. The van der Waals surface area contributed by atoms with E-state index in [-0.39, 0.29) is 12.1 Å². The second kappa shape index (κ2) is 13.4. The number of aryl methyl sites for hydroxylation is 2. The van der Waals surface area contributed by atoms with Crippen molar-refractivity contribution in [3.8, 4) is 22.9 Å². The van der Waals surface area contributed by atoms with Crippen molar-refractivity contribution in [2.45, 2.75) is 71.4 Å². The zero-order chi connectivity index (χ0) is 31.4. The van der Waals surface area contributed by atoms with Crippen molar-refractivity contribution in [2.75, 3.05) is 31.6 Å². The molecule has 0 unspecified atom stereocenters. The van der Waals surface area contributed by atoms with Crippen molar-refractivity contribution >= 4 is 22.8 Å². The Kier molecular flexibility index (Phi) is 9.16. The van der Waals surface area contributed by atoms with Gasteiger partial charge in [-0.05, 0) is 100 Å². The van der Waals surface area contributed by atoms with Crippen LogP contribution in [0.25, 0.3) is 22.0 Å². The first kappa shape index (κ1) is 30.8. The predicted octanol–water partition coefficient (Wildman–Crippen LogP) is 7.57. The van der Waals surface area contributed by atoms with E-state index >= 15 is 0 Å². The molecular weight excluding hydrogens is 566 g/mol. The molecule has 45 heavy (non-hydrogen) atoms. The molecule has 2 aliphatic heterocycles. The van der Waals surface area contributed by atoms with Crippen LogP contribution in [-0.2, 0) is 15.9 Å². The fourth-order valence-electron chi connectivity index (χ4n) is 6.14. The number of benzene rings is 2. The molecule has 2 aliphatic rings. The molecule has 0 bridgehead atoms. The van der Waals surface area contributed by atoms with Crippen molar-refractivity contribution in [2.24, 2.45) is 5.92 Å². The van der Waals surface area contributed by atoms with Gasteiger partial charge in [0, 0.05) is 50.1 Å². The Labute approximate surface area is 265 Å². The van der Waals surface area contributed by atoms with E-state index in [0.717, 1.165) is 67.6 Å². The lowest BCUT2D eigenvalue weighted by Gasteiger charge is -2.34. The Morgan fingerprint density at radius 2 is 1.93 bits per heavy atom. The topological polar surface area (TPSA) is 98.7 Å². The molecule has 0 radical (unpaired) electrons. The van der Waals surface area contributed by atoms with Gasteiger partial charge in [0.1, 0.15) is 11.4 Å². The number of amides is 1. The maximum Gasteiger partial charge on any atom is 0.410 e. The Morgan fingerprint density at radius 1 is 1.04 bits per heavy atom. The molecule has 2 aromatic carbocycles. The maximum absolute atomic E-state index is 12.7. The quantitative estimate of drug-likeness (QED) is 0.218. The summed E-state index contributed by atoms with van der Waals surface area (Å²) in [5, 5.41) is 5.72. The third-order valence-corrected chi connectivity index (χ3v) is 8.45. The fraction of sp³-hybridized carbons (Fsp3) is 0.444. The zero-order valence-electron chi connectivity index (χ0n) is 26.7. The number of piperidine rings is 1. The highest BCUT2D eigenvalue weighted by Gasteiger charge is 2.28. The minimum absolute atomic E-state index is 0.0138. The summed E-state index contributed by atoms with van der Waals surface area (Å²) in [4.78, 5) is 28.4. The third-order valence-electron chi connectivity index (χ3n) is 8.45. The normalized spacial score (nSPS) is 18.6. The summed E-state index contributed by atoms with van der Waals surface area (Å²) in [6.45, 7) is 10.7. The van der Waals surface area contributed by atoms with Gasteiger partial charge in [-0.1, -0.05) is 30.3 Å². The maximum atomic E-state index is 12.7. The van der Waals surface area contributed by atoms with E-state index in [0.29, 0.717) is 36.5 Å². The van der Waals surface area contributed by atoms with E-state index in [4.69, 9.17) is 19.2 Å². The first-order valence-electron chi connectivity index (χ1n) is 16.0. The van der Waals surface area contributed by atoms with Crippen molar-refractivity contribution in [3.05, 3.63) is 72.1 Å². The average Bonchev–Trinajstić information content (AvgIpc) is 3.55. The van der Waals surface area contributed by atoms with Crippen molar-refractivity contribution in [1.29, 1.82) is 0 Å². The van der Waals surface area contributed by atoms with Crippen LogP contribution in [0.15, 0.2) is 60.9 Å². The monoisotopic (exact) mass is 609 g/mol. The molecule has 1 amide bonds. The third kappa shape index (κ3) is 7.53. The second-order valence-electron chi connectivity index (χ2n) is 13.1.